The van der Waals surface area contributed by atoms with E-state index in [1.165, 1.54) is 6.07 Å². The van der Waals surface area contributed by atoms with Gasteiger partial charge in [-0.3, -0.25) is 0 Å². The van der Waals surface area contributed by atoms with Crippen LogP contribution >= 0.6 is 0 Å². The Morgan fingerprint density at radius 1 is 1.25 bits per heavy atom. The minimum absolute atomic E-state index is 0.560. The third-order valence-electron chi connectivity index (χ3n) is 1.67. The molecule has 0 saturated heterocycles. The molecule has 0 unspecified atom stereocenters. The number of benzene rings is 1. The van der Waals surface area contributed by atoms with Gasteiger partial charge < -0.3 is 0 Å². The molecule has 65 valence electrons. The molecule has 1 radical (unpaired) electrons. The number of hydrogen-bond donors (Lipinski definition) is 0. The van der Waals surface area contributed by atoms with E-state index < -0.39 is 11.7 Å². The van der Waals surface area contributed by atoms with Gasteiger partial charge in [0.25, 0.3) is 0 Å². The third kappa shape index (κ3) is 1.78. The first-order valence-electron chi connectivity index (χ1n) is 3.41. The van der Waals surface area contributed by atoms with Crippen molar-refractivity contribution in [2.24, 2.45) is 0 Å². The van der Waals surface area contributed by atoms with Crippen LogP contribution in [0.2, 0.25) is 0 Å². The molecule has 12 heavy (non-hydrogen) atoms. The van der Waals surface area contributed by atoms with Crippen LogP contribution < -0.4 is 0 Å². The summed E-state index contributed by atoms with van der Waals surface area (Å²) in [6.07, 6.45) is -4.25. The second-order valence-corrected chi connectivity index (χ2v) is 2.64. The Morgan fingerprint density at radius 3 is 2.25 bits per heavy atom. The molecule has 0 saturated carbocycles. The van der Waals surface area contributed by atoms with Crippen molar-refractivity contribution < 1.29 is 13.2 Å². The molecule has 0 spiro atoms. The smallest absolute Gasteiger partial charge is 0.166 e. The summed E-state index contributed by atoms with van der Waals surface area (Å²) in [5, 5.41) is 0. The summed E-state index contributed by atoms with van der Waals surface area (Å²) in [6, 6.07) is 3.51. The van der Waals surface area contributed by atoms with Crippen molar-refractivity contribution in [1.82, 2.24) is 0 Å². The number of rotatable bonds is 0. The Kier molecular flexibility index (Phi) is 2.13. The predicted octanol–water partition coefficient (Wildman–Crippen LogP) is 3.20. The lowest BCUT2D eigenvalue weighted by atomic mass is 10.1. The fourth-order valence-corrected chi connectivity index (χ4v) is 0.872. The van der Waals surface area contributed by atoms with Crippen molar-refractivity contribution in [1.29, 1.82) is 0 Å². The van der Waals surface area contributed by atoms with E-state index in [1.54, 1.807) is 6.92 Å². The zero-order valence-corrected chi connectivity index (χ0v) is 6.57. The zero-order chi connectivity index (χ0) is 9.35. The lowest BCUT2D eigenvalue weighted by molar-refractivity contribution is -0.137. The van der Waals surface area contributed by atoms with E-state index in [9.17, 15) is 13.2 Å². The molecule has 0 atom stereocenters. The maximum Gasteiger partial charge on any atom is 0.416 e. The quantitative estimate of drug-likeness (QED) is 0.565. The van der Waals surface area contributed by atoms with Crippen LogP contribution in [-0.4, -0.2) is 0 Å². The van der Waals surface area contributed by atoms with E-state index in [2.05, 4.69) is 6.92 Å². The predicted molar refractivity (Wildman–Crippen MR) is 40.6 cm³/mol. The van der Waals surface area contributed by atoms with Crippen molar-refractivity contribution in [3.63, 3.8) is 0 Å². The molecule has 0 fully saturated rings. The van der Waals surface area contributed by atoms with Gasteiger partial charge in [0.05, 0.1) is 5.56 Å². The van der Waals surface area contributed by atoms with Crippen LogP contribution in [0, 0.1) is 13.8 Å². The molecule has 1 aromatic carbocycles. The molecule has 3 heteroatoms. The Balaban J connectivity index is 3.14. The molecule has 0 heterocycles. The molecular weight excluding hydrogens is 165 g/mol. The topological polar surface area (TPSA) is 0 Å². The highest BCUT2D eigenvalue weighted by Gasteiger charge is 2.30. The summed E-state index contributed by atoms with van der Waals surface area (Å²) in [5.74, 6) is 0. The summed E-state index contributed by atoms with van der Waals surface area (Å²) in [6.45, 7) is 5.18. The van der Waals surface area contributed by atoms with Crippen LogP contribution in [0.25, 0.3) is 0 Å². The van der Waals surface area contributed by atoms with Gasteiger partial charge in [-0.05, 0) is 37.1 Å². The molecule has 0 aliphatic rings. The van der Waals surface area contributed by atoms with Crippen LogP contribution in [0.3, 0.4) is 0 Å². The van der Waals surface area contributed by atoms with E-state index in [1.807, 2.05) is 0 Å². The van der Waals surface area contributed by atoms with E-state index >= 15 is 0 Å². The second-order valence-electron chi connectivity index (χ2n) is 2.64. The van der Waals surface area contributed by atoms with Crippen LogP contribution in [0.1, 0.15) is 16.7 Å². The number of aryl methyl sites for hydroxylation is 1. The third-order valence-corrected chi connectivity index (χ3v) is 1.67. The molecule has 0 nitrogen and oxygen atoms in total. The van der Waals surface area contributed by atoms with Gasteiger partial charge in [-0.1, -0.05) is 6.07 Å². The molecule has 1 rings (SSSR count). The minimum Gasteiger partial charge on any atom is -0.166 e. The largest absolute Gasteiger partial charge is 0.416 e. The summed E-state index contributed by atoms with van der Waals surface area (Å²) in [5.41, 5.74) is 0.570. The lowest BCUT2D eigenvalue weighted by Gasteiger charge is -2.08. The molecule has 0 aromatic heterocycles. The highest BCUT2D eigenvalue weighted by atomic mass is 19.4. The highest BCUT2D eigenvalue weighted by molar-refractivity contribution is 5.33. The molecule has 0 bridgehead atoms. The van der Waals surface area contributed by atoms with Gasteiger partial charge in [0.15, 0.2) is 0 Å². The minimum atomic E-state index is -4.25. The first-order chi connectivity index (χ1) is 5.41. The van der Waals surface area contributed by atoms with Crippen LogP contribution in [0.15, 0.2) is 18.2 Å². The molecule has 0 aliphatic heterocycles. The van der Waals surface area contributed by atoms with Gasteiger partial charge in [0.1, 0.15) is 0 Å². The van der Waals surface area contributed by atoms with Gasteiger partial charge >= 0.3 is 6.18 Å². The first-order valence-corrected chi connectivity index (χ1v) is 3.41. The highest BCUT2D eigenvalue weighted by Crippen LogP contribution is 2.30. The van der Waals surface area contributed by atoms with Crippen molar-refractivity contribution in [2.75, 3.05) is 0 Å². The molecule has 0 aliphatic carbocycles. The van der Waals surface area contributed by atoms with Crippen LogP contribution in [-0.2, 0) is 6.18 Å². The SMILES string of the molecule is [CH2]c1ccc(C(F)(F)F)cc1C. The Morgan fingerprint density at radius 2 is 1.83 bits per heavy atom. The monoisotopic (exact) mass is 173 g/mol. The number of hydrogen-bond acceptors (Lipinski definition) is 0. The Bertz CT molecular complexity index is 286. The zero-order valence-electron chi connectivity index (χ0n) is 6.57. The lowest BCUT2D eigenvalue weighted by Crippen LogP contribution is -2.05. The van der Waals surface area contributed by atoms with Crippen molar-refractivity contribution in [3.8, 4) is 0 Å². The van der Waals surface area contributed by atoms with Gasteiger partial charge in [-0.2, -0.15) is 13.2 Å². The first kappa shape index (κ1) is 9.10. The van der Waals surface area contributed by atoms with Crippen molar-refractivity contribution in [2.45, 2.75) is 13.1 Å². The maximum atomic E-state index is 12.1. The van der Waals surface area contributed by atoms with E-state index in [-0.39, 0.29) is 0 Å². The normalized spacial score (nSPS) is 11.8. The standard InChI is InChI=1S/C9H8F3/c1-6-3-4-8(5-7(6)2)9(10,11)12/h3-5H,1H2,2H3. The number of halogens is 3. The summed E-state index contributed by atoms with van der Waals surface area (Å²) < 4.78 is 36.2. The van der Waals surface area contributed by atoms with Crippen molar-refractivity contribution in [3.05, 3.63) is 41.8 Å². The average Bonchev–Trinajstić information content (AvgIpc) is 1.92. The summed E-state index contributed by atoms with van der Waals surface area (Å²) in [4.78, 5) is 0. The van der Waals surface area contributed by atoms with Gasteiger partial charge in [-0.15, -0.1) is 0 Å². The molecule has 1 aromatic rings. The van der Waals surface area contributed by atoms with Crippen LogP contribution in [0.5, 0.6) is 0 Å². The van der Waals surface area contributed by atoms with Crippen molar-refractivity contribution >= 4 is 0 Å². The van der Waals surface area contributed by atoms with Crippen LogP contribution in [0.4, 0.5) is 13.2 Å². The Hall–Kier alpha value is -0.990. The van der Waals surface area contributed by atoms with Gasteiger partial charge in [0.2, 0.25) is 0 Å². The second kappa shape index (κ2) is 2.81. The molecule has 0 N–H and O–H groups in total. The van der Waals surface area contributed by atoms with E-state index in [0.717, 1.165) is 12.1 Å². The van der Waals surface area contributed by atoms with Gasteiger partial charge in [-0.25, -0.2) is 0 Å². The Labute approximate surface area is 69.0 Å². The fraction of sp³-hybridized carbons (Fsp3) is 0.222. The number of alkyl halides is 3. The summed E-state index contributed by atoms with van der Waals surface area (Å²) in [7, 11) is 0. The summed E-state index contributed by atoms with van der Waals surface area (Å²) >= 11 is 0. The molecule has 0 amide bonds. The van der Waals surface area contributed by atoms with Gasteiger partial charge in [0, 0.05) is 0 Å². The fourth-order valence-electron chi connectivity index (χ4n) is 0.872. The maximum absolute atomic E-state index is 12.1. The average molecular weight is 173 g/mol. The van der Waals surface area contributed by atoms with E-state index in [4.69, 9.17) is 0 Å². The molecular formula is C9H8F3. The van der Waals surface area contributed by atoms with E-state index in [0.29, 0.717) is 11.1 Å².